The number of ether oxygens (including phenoxy) is 1. The molecule has 0 aliphatic rings. The number of anilines is 2. The topological polar surface area (TPSA) is 113 Å². The number of nitrogens with zero attached hydrogens (tertiary/aromatic N) is 1. The first-order valence-corrected chi connectivity index (χ1v) is 8.49. The van der Waals surface area contributed by atoms with Crippen LogP contribution in [0.4, 0.5) is 15.8 Å². The highest BCUT2D eigenvalue weighted by Crippen LogP contribution is 2.21. The van der Waals surface area contributed by atoms with Crippen molar-refractivity contribution in [3.05, 3.63) is 77.1 Å². The second-order valence-corrected chi connectivity index (χ2v) is 6.06. The van der Waals surface area contributed by atoms with Gasteiger partial charge in [0, 0.05) is 16.9 Å². The molecule has 2 amide bonds. The van der Waals surface area contributed by atoms with Gasteiger partial charge in [-0.3, -0.25) is 9.59 Å². The Bertz CT molecular complexity index is 1080. The number of amides is 2. The van der Waals surface area contributed by atoms with E-state index in [0.29, 0.717) is 22.5 Å². The number of halogens is 1. The van der Waals surface area contributed by atoms with Crippen molar-refractivity contribution in [3.63, 3.8) is 0 Å². The van der Waals surface area contributed by atoms with Crippen LogP contribution in [0.2, 0.25) is 0 Å². The predicted octanol–water partition coefficient (Wildman–Crippen LogP) is 3.15. The second-order valence-electron chi connectivity index (χ2n) is 6.06. The summed E-state index contributed by atoms with van der Waals surface area (Å²) < 4.78 is 17.6. The summed E-state index contributed by atoms with van der Waals surface area (Å²) in [4.78, 5) is 42.7. The maximum atomic E-state index is 13.0. The number of aryl methyl sites for hydroxylation is 1. The van der Waals surface area contributed by atoms with E-state index in [1.165, 1.54) is 37.7 Å². The zero-order chi connectivity index (χ0) is 21.0. The molecule has 0 fully saturated rings. The van der Waals surface area contributed by atoms with E-state index in [1.807, 2.05) is 0 Å². The fourth-order valence-electron chi connectivity index (χ4n) is 2.59. The van der Waals surface area contributed by atoms with Crippen LogP contribution in [0.15, 0.2) is 48.8 Å². The van der Waals surface area contributed by atoms with Crippen LogP contribution in [0.25, 0.3) is 0 Å². The molecule has 0 unspecified atom stereocenters. The fourth-order valence-corrected chi connectivity index (χ4v) is 2.59. The van der Waals surface area contributed by atoms with Gasteiger partial charge in [0.25, 0.3) is 11.8 Å². The summed E-state index contributed by atoms with van der Waals surface area (Å²) in [5.41, 5.74) is 1.86. The van der Waals surface area contributed by atoms with Crippen LogP contribution in [0.3, 0.4) is 0 Å². The molecule has 0 aliphatic carbocycles. The van der Waals surface area contributed by atoms with Gasteiger partial charge in [-0.2, -0.15) is 0 Å². The van der Waals surface area contributed by atoms with Gasteiger partial charge in [-0.25, -0.2) is 14.2 Å². The van der Waals surface area contributed by atoms with Crippen molar-refractivity contribution in [3.8, 4) is 0 Å². The number of carbonyl (C=O) groups excluding carboxylic acids is 3. The normalized spacial score (nSPS) is 10.3. The lowest BCUT2D eigenvalue weighted by Gasteiger charge is -2.11. The maximum absolute atomic E-state index is 13.0. The van der Waals surface area contributed by atoms with E-state index in [1.54, 1.807) is 25.1 Å². The van der Waals surface area contributed by atoms with E-state index in [9.17, 15) is 18.8 Å². The minimum atomic E-state index is -0.730. The molecule has 1 aromatic heterocycles. The summed E-state index contributed by atoms with van der Waals surface area (Å²) in [5, 5.41) is 5.38. The van der Waals surface area contributed by atoms with Crippen LogP contribution in [-0.2, 0) is 4.74 Å². The molecular weight excluding hydrogens is 379 g/mol. The van der Waals surface area contributed by atoms with Gasteiger partial charge < -0.3 is 20.4 Å². The number of nitrogens with one attached hydrogen (secondary N) is 3. The van der Waals surface area contributed by atoms with Gasteiger partial charge in [0.05, 0.1) is 13.4 Å². The Labute approximate surface area is 165 Å². The third-order valence-corrected chi connectivity index (χ3v) is 4.08. The SMILES string of the molecule is COC(=O)c1nc[nH]c1C(=O)Nc1ccc(NC(=O)c2ccc(F)cc2)c(C)c1. The zero-order valence-electron chi connectivity index (χ0n) is 15.6. The Morgan fingerprint density at radius 1 is 1.03 bits per heavy atom. The molecule has 0 bridgehead atoms. The number of methoxy groups -OCH3 is 1. The van der Waals surface area contributed by atoms with Gasteiger partial charge in [0.15, 0.2) is 5.69 Å². The summed E-state index contributed by atoms with van der Waals surface area (Å²) >= 11 is 0. The first kappa shape index (κ1) is 19.7. The highest BCUT2D eigenvalue weighted by Gasteiger charge is 2.21. The van der Waals surface area contributed by atoms with Crippen molar-refractivity contribution in [1.82, 2.24) is 9.97 Å². The molecule has 0 saturated heterocycles. The molecule has 29 heavy (non-hydrogen) atoms. The van der Waals surface area contributed by atoms with E-state index in [4.69, 9.17) is 0 Å². The molecule has 0 spiro atoms. The molecule has 0 atom stereocenters. The van der Waals surface area contributed by atoms with Gasteiger partial charge in [-0.05, 0) is 55.0 Å². The number of aromatic amines is 1. The van der Waals surface area contributed by atoms with Crippen molar-refractivity contribution in [1.29, 1.82) is 0 Å². The first-order chi connectivity index (χ1) is 13.9. The molecule has 0 aliphatic heterocycles. The van der Waals surface area contributed by atoms with Crippen LogP contribution < -0.4 is 10.6 Å². The van der Waals surface area contributed by atoms with Gasteiger partial charge in [-0.1, -0.05) is 0 Å². The number of benzene rings is 2. The number of imidazole rings is 1. The minimum Gasteiger partial charge on any atom is -0.464 e. The maximum Gasteiger partial charge on any atom is 0.359 e. The average molecular weight is 396 g/mol. The highest BCUT2D eigenvalue weighted by molar-refractivity contribution is 6.09. The van der Waals surface area contributed by atoms with Crippen LogP contribution in [0.5, 0.6) is 0 Å². The number of rotatable bonds is 5. The summed E-state index contributed by atoms with van der Waals surface area (Å²) in [5.74, 6) is -2.10. The van der Waals surface area contributed by atoms with Crippen molar-refractivity contribution in [2.45, 2.75) is 6.92 Å². The Hall–Kier alpha value is -4.01. The Morgan fingerprint density at radius 3 is 2.41 bits per heavy atom. The van der Waals surface area contributed by atoms with Crippen LogP contribution in [-0.4, -0.2) is 34.9 Å². The van der Waals surface area contributed by atoms with Crippen LogP contribution in [0, 0.1) is 12.7 Å². The Kier molecular flexibility index (Phi) is 5.68. The molecule has 3 rings (SSSR count). The first-order valence-electron chi connectivity index (χ1n) is 8.49. The number of H-pyrrole nitrogens is 1. The Morgan fingerprint density at radius 2 is 1.76 bits per heavy atom. The van der Waals surface area contributed by atoms with Gasteiger partial charge >= 0.3 is 5.97 Å². The number of aromatic nitrogens is 2. The smallest absolute Gasteiger partial charge is 0.359 e. The standard InChI is InChI=1S/C20H17FN4O4/c1-11-9-14(24-19(27)16-17(20(28)29-2)23-10-22-16)7-8-15(11)25-18(26)12-3-5-13(21)6-4-12/h3-10H,1-2H3,(H,22,23)(H,24,27)(H,25,26). The molecule has 3 N–H and O–H groups in total. The van der Waals surface area contributed by atoms with Crippen molar-refractivity contribution >= 4 is 29.2 Å². The van der Waals surface area contributed by atoms with E-state index >= 15 is 0 Å². The van der Waals surface area contributed by atoms with Crippen LogP contribution in [0.1, 0.15) is 36.9 Å². The minimum absolute atomic E-state index is 0.0248. The van der Waals surface area contributed by atoms with Crippen molar-refractivity contribution in [2.75, 3.05) is 17.7 Å². The molecule has 0 saturated carbocycles. The molecule has 148 valence electrons. The molecule has 8 nitrogen and oxygen atoms in total. The van der Waals surface area contributed by atoms with E-state index < -0.39 is 17.7 Å². The molecule has 1 heterocycles. The third kappa shape index (κ3) is 4.46. The number of carbonyl (C=O) groups is 3. The highest BCUT2D eigenvalue weighted by atomic mass is 19.1. The monoisotopic (exact) mass is 396 g/mol. The lowest BCUT2D eigenvalue weighted by Crippen LogP contribution is -2.17. The average Bonchev–Trinajstić information content (AvgIpc) is 3.20. The molecule has 2 aromatic carbocycles. The zero-order valence-corrected chi connectivity index (χ0v) is 15.6. The number of hydrogen-bond donors (Lipinski definition) is 3. The molecular formula is C20H17FN4O4. The fraction of sp³-hybridized carbons (Fsp3) is 0.100. The number of esters is 1. The summed E-state index contributed by atoms with van der Waals surface area (Å²) in [6.07, 6.45) is 1.22. The van der Waals surface area contributed by atoms with Crippen LogP contribution >= 0.6 is 0 Å². The van der Waals surface area contributed by atoms with Crippen molar-refractivity contribution < 1.29 is 23.5 Å². The predicted molar refractivity (Wildman–Crippen MR) is 103 cm³/mol. The van der Waals surface area contributed by atoms with Gasteiger partial charge in [0.2, 0.25) is 0 Å². The summed E-state index contributed by atoms with van der Waals surface area (Å²) in [7, 11) is 1.20. The largest absolute Gasteiger partial charge is 0.464 e. The molecule has 9 heteroatoms. The lowest BCUT2D eigenvalue weighted by molar-refractivity contribution is 0.0591. The quantitative estimate of drug-likeness (QED) is 0.574. The van der Waals surface area contributed by atoms with E-state index in [0.717, 1.165) is 0 Å². The van der Waals surface area contributed by atoms with E-state index in [-0.39, 0.29) is 17.3 Å². The Balaban J connectivity index is 1.72. The van der Waals surface area contributed by atoms with Gasteiger partial charge in [0.1, 0.15) is 11.5 Å². The second kappa shape index (κ2) is 8.34. The van der Waals surface area contributed by atoms with Gasteiger partial charge in [-0.15, -0.1) is 0 Å². The summed E-state index contributed by atoms with van der Waals surface area (Å²) in [6.45, 7) is 1.76. The number of hydrogen-bond acceptors (Lipinski definition) is 5. The molecule has 0 radical (unpaired) electrons. The van der Waals surface area contributed by atoms with E-state index in [2.05, 4.69) is 25.3 Å². The molecule has 3 aromatic rings. The summed E-state index contributed by atoms with van der Waals surface area (Å²) in [6, 6.07) is 10.1. The third-order valence-electron chi connectivity index (χ3n) is 4.08. The van der Waals surface area contributed by atoms with Crippen molar-refractivity contribution in [2.24, 2.45) is 0 Å². The lowest BCUT2D eigenvalue weighted by atomic mass is 10.1.